The van der Waals surface area contributed by atoms with Gasteiger partial charge in [0.1, 0.15) is 17.4 Å². The van der Waals surface area contributed by atoms with E-state index in [1.807, 2.05) is 6.92 Å². The molecule has 1 aliphatic heterocycles. The Kier molecular flexibility index (Phi) is 2.36. The fraction of sp³-hybridized carbons (Fsp3) is 0.429. The highest BCUT2D eigenvalue weighted by Crippen LogP contribution is 2.44. The van der Waals surface area contributed by atoms with E-state index >= 15 is 0 Å². The average Bonchev–Trinajstić information content (AvgIpc) is 2.77. The maximum atomic E-state index is 11.7. The second-order valence-electron chi connectivity index (χ2n) is 5.44. The summed E-state index contributed by atoms with van der Waals surface area (Å²) in [7, 11) is 0. The summed E-state index contributed by atoms with van der Waals surface area (Å²) in [5.74, 6) is 0.911. The predicted molar refractivity (Wildman–Crippen MR) is 73.6 cm³/mol. The number of rotatable bonds is 1. The van der Waals surface area contributed by atoms with Gasteiger partial charge < -0.3 is 10.4 Å². The number of anilines is 1. The lowest BCUT2D eigenvalue weighted by Gasteiger charge is -2.12. The molecule has 0 radical (unpaired) electrons. The molecule has 1 atom stereocenters. The molecule has 100 valence electrons. The summed E-state index contributed by atoms with van der Waals surface area (Å²) in [6.07, 6.45) is 1.80. The summed E-state index contributed by atoms with van der Waals surface area (Å²) in [5, 5.41) is 14.0. The van der Waals surface area contributed by atoms with Gasteiger partial charge in [0.2, 0.25) is 11.8 Å². The van der Waals surface area contributed by atoms with E-state index in [2.05, 4.69) is 24.1 Å². The van der Waals surface area contributed by atoms with Crippen LogP contribution in [-0.4, -0.2) is 20.6 Å². The molecule has 3 rings (SSSR count). The molecule has 0 aliphatic carbocycles. The molecular weight excluding hydrogens is 242 g/mol. The van der Waals surface area contributed by atoms with E-state index in [0.717, 1.165) is 16.5 Å². The highest BCUT2D eigenvalue weighted by molar-refractivity contribution is 6.08. The SMILES string of the molecule is Cc1cnc2c3n(c(O)c2c1C(C)C)[C@H](C)C(=O)N3. The molecule has 5 heteroatoms. The molecule has 2 N–H and O–H groups in total. The molecule has 1 aliphatic rings. The number of hydrogen-bond donors (Lipinski definition) is 2. The van der Waals surface area contributed by atoms with Crippen LogP contribution in [0.1, 0.15) is 43.9 Å². The predicted octanol–water partition coefficient (Wildman–Crippen LogP) is 2.69. The van der Waals surface area contributed by atoms with Gasteiger partial charge >= 0.3 is 0 Å². The number of aromatic hydroxyl groups is 1. The van der Waals surface area contributed by atoms with Gasteiger partial charge in [-0.3, -0.25) is 14.3 Å². The van der Waals surface area contributed by atoms with Crippen LogP contribution in [0.25, 0.3) is 10.9 Å². The van der Waals surface area contributed by atoms with Crippen molar-refractivity contribution in [1.82, 2.24) is 9.55 Å². The number of fused-ring (bicyclic) bond motifs is 3. The normalized spacial score (nSPS) is 18.2. The first kappa shape index (κ1) is 12.0. The smallest absolute Gasteiger partial charge is 0.248 e. The van der Waals surface area contributed by atoms with Crippen LogP contribution in [0.2, 0.25) is 0 Å². The van der Waals surface area contributed by atoms with Gasteiger partial charge in [-0.05, 0) is 30.9 Å². The van der Waals surface area contributed by atoms with E-state index in [4.69, 9.17) is 0 Å². The third-order valence-electron chi connectivity index (χ3n) is 3.82. The molecule has 0 saturated heterocycles. The van der Waals surface area contributed by atoms with Gasteiger partial charge in [-0.25, -0.2) is 0 Å². The topological polar surface area (TPSA) is 67.1 Å². The lowest BCUT2D eigenvalue weighted by molar-refractivity contribution is -0.117. The highest BCUT2D eigenvalue weighted by atomic mass is 16.3. The van der Waals surface area contributed by atoms with Crippen molar-refractivity contribution < 1.29 is 9.90 Å². The first-order valence-corrected chi connectivity index (χ1v) is 6.46. The second kappa shape index (κ2) is 3.73. The van der Waals surface area contributed by atoms with Crippen molar-refractivity contribution in [3.05, 3.63) is 17.3 Å². The number of carbonyl (C=O) groups excluding carboxylic acids is 1. The third-order valence-corrected chi connectivity index (χ3v) is 3.82. The molecule has 0 saturated carbocycles. The molecule has 0 unspecified atom stereocenters. The minimum atomic E-state index is -0.399. The lowest BCUT2D eigenvalue weighted by Crippen LogP contribution is -2.12. The van der Waals surface area contributed by atoms with Crippen LogP contribution < -0.4 is 5.32 Å². The van der Waals surface area contributed by atoms with Gasteiger partial charge in [-0.2, -0.15) is 0 Å². The Morgan fingerprint density at radius 3 is 2.79 bits per heavy atom. The van der Waals surface area contributed by atoms with E-state index in [1.54, 1.807) is 17.7 Å². The summed E-state index contributed by atoms with van der Waals surface area (Å²) < 4.78 is 1.63. The number of carbonyl (C=O) groups is 1. The van der Waals surface area contributed by atoms with Gasteiger partial charge in [0.05, 0.1) is 5.39 Å². The summed E-state index contributed by atoms with van der Waals surface area (Å²) in [6, 6.07) is -0.399. The number of aryl methyl sites for hydroxylation is 1. The fourth-order valence-corrected chi connectivity index (χ4v) is 2.95. The number of hydrogen-bond acceptors (Lipinski definition) is 3. The molecule has 0 bridgehead atoms. The van der Waals surface area contributed by atoms with E-state index in [0.29, 0.717) is 11.3 Å². The van der Waals surface area contributed by atoms with Crippen molar-refractivity contribution in [2.24, 2.45) is 0 Å². The van der Waals surface area contributed by atoms with Crippen molar-refractivity contribution in [3.63, 3.8) is 0 Å². The molecule has 0 fully saturated rings. The number of pyridine rings is 1. The fourth-order valence-electron chi connectivity index (χ4n) is 2.95. The van der Waals surface area contributed by atoms with Gasteiger partial charge in [-0.1, -0.05) is 13.8 Å². The minimum absolute atomic E-state index is 0.110. The van der Waals surface area contributed by atoms with Crippen LogP contribution in [0, 0.1) is 6.92 Å². The molecule has 1 amide bonds. The van der Waals surface area contributed by atoms with Gasteiger partial charge in [-0.15, -0.1) is 0 Å². The number of aromatic nitrogens is 2. The molecular formula is C14H17N3O2. The zero-order valence-corrected chi connectivity index (χ0v) is 11.5. The second-order valence-corrected chi connectivity index (χ2v) is 5.44. The van der Waals surface area contributed by atoms with Crippen LogP contribution in [-0.2, 0) is 4.79 Å². The zero-order chi connectivity index (χ0) is 13.9. The molecule has 0 spiro atoms. The van der Waals surface area contributed by atoms with E-state index in [-0.39, 0.29) is 17.7 Å². The van der Waals surface area contributed by atoms with Crippen LogP contribution in [0.3, 0.4) is 0 Å². The van der Waals surface area contributed by atoms with E-state index in [9.17, 15) is 9.90 Å². The van der Waals surface area contributed by atoms with Crippen LogP contribution in [0.15, 0.2) is 6.20 Å². The quantitative estimate of drug-likeness (QED) is 0.827. The Balaban J connectivity index is 2.44. The van der Waals surface area contributed by atoms with Crippen molar-refractivity contribution in [3.8, 4) is 5.88 Å². The van der Waals surface area contributed by atoms with Crippen LogP contribution in [0.4, 0.5) is 5.82 Å². The number of nitrogens with zero attached hydrogens (tertiary/aromatic N) is 2. The standard InChI is InChI=1S/C14H17N3O2/c1-6(2)9-7(3)5-15-11-10(9)14(19)17-8(4)13(18)16-12(11)17/h5-6,8,19H,1-4H3,(H,16,18)/t8-/m1/s1. The average molecular weight is 259 g/mol. The Hall–Kier alpha value is -2.04. The monoisotopic (exact) mass is 259 g/mol. The van der Waals surface area contributed by atoms with E-state index < -0.39 is 6.04 Å². The zero-order valence-electron chi connectivity index (χ0n) is 11.5. The molecule has 2 aromatic rings. The Morgan fingerprint density at radius 1 is 1.47 bits per heavy atom. The Morgan fingerprint density at radius 2 is 2.16 bits per heavy atom. The summed E-state index contributed by atoms with van der Waals surface area (Å²) in [5.41, 5.74) is 2.82. The van der Waals surface area contributed by atoms with Crippen molar-refractivity contribution in [1.29, 1.82) is 0 Å². The molecule has 5 nitrogen and oxygen atoms in total. The Bertz CT molecular complexity index is 701. The largest absolute Gasteiger partial charge is 0.494 e. The highest BCUT2D eigenvalue weighted by Gasteiger charge is 2.34. The summed E-state index contributed by atoms with van der Waals surface area (Å²) in [6.45, 7) is 7.94. The summed E-state index contributed by atoms with van der Waals surface area (Å²) >= 11 is 0. The first-order valence-electron chi connectivity index (χ1n) is 6.46. The number of nitrogens with one attached hydrogen (secondary N) is 1. The van der Waals surface area contributed by atoms with Crippen LogP contribution in [0.5, 0.6) is 5.88 Å². The van der Waals surface area contributed by atoms with Crippen LogP contribution >= 0.6 is 0 Å². The van der Waals surface area contributed by atoms with Gasteiger partial charge in [0.15, 0.2) is 0 Å². The lowest BCUT2D eigenvalue weighted by atomic mass is 9.96. The molecule has 0 aromatic carbocycles. The van der Waals surface area contributed by atoms with Gasteiger partial charge in [0, 0.05) is 6.20 Å². The number of amides is 1. The summed E-state index contributed by atoms with van der Waals surface area (Å²) in [4.78, 5) is 16.1. The van der Waals surface area contributed by atoms with Crippen molar-refractivity contribution in [2.75, 3.05) is 5.32 Å². The third kappa shape index (κ3) is 1.41. The maximum Gasteiger partial charge on any atom is 0.248 e. The van der Waals surface area contributed by atoms with Crippen molar-refractivity contribution >= 4 is 22.6 Å². The van der Waals surface area contributed by atoms with Gasteiger partial charge in [0.25, 0.3) is 0 Å². The molecule has 2 aromatic heterocycles. The van der Waals surface area contributed by atoms with E-state index in [1.165, 1.54) is 0 Å². The molecule has 3 heterocycles. The van der Waals surface area contributed by atoms with Crippen molar-refractivity contribution in [2.45, 2.75) is 39.7 Å². The maximum absolute atomic E-state index is 11.7. The Labute approximate surface area is 111 Å². The first-order chi connectivity index (χ1) is 8.93. The minimum Gasteiger partial charge on any atom is -0.494 e. The molecule has 19 heavy (non-hydrogen) atoms.